The van der Waals surface area contributed by atoms with Crippen molar-refractivity contribution in [1.82, 2.24) is 15.2 Å². The maximum Gasteiger partial charge on any atom is 0.319 e. The number of primary amides is 1. The Labute approximate surface area is 210 Å². The van der Waals surface area contributed by atoms with Crippen molar-refractivity contribution in [2.45, 2.75) is 18.9 Å². The summed E-state index contributed by atoms with van der Waals surface area (Å²) in [5.74, 6) is -3.62. The lowest BCUT2D eigenvalue weighted by Crippen LogP contribution is -2.30. The first-order valence-corrected chi connectivity index (χ1v) is 11.4. The molecule has 0 spiro atoms. The van der Waals surface area contributed by atoms with Crippen molar-refractivity contribution < 1.29 is 27.8 Å². The number of rotatable bonds is 9. The highest BCUT2D eigenvalue weighted by atomic mass is 35.5. The Morgan fingerprint density at radius 2 is 1.97 bits per heavy atom. The molecule has 3 aromatic rings. The summed E-state index contributed by atoms with van der Waals surface area (Å²) in [6, 6.07) is 4.56. The van der Waals surface area contributed by atoms with Gasteiger partial charge in [0.1, 0.15) is 23.1 Å². The minimum atomic E-state index is -1.21. The van der Waals surface area contributed by atoms with Crippen LogP contribution in [0.3, 0.4) is 0 Å². The predicted octanol–water partition coefficient (Wildman–Crippen LogP) is 4.28. The fraction of sp³-hybridized carbons (Fsp3) is 0.292. The molecule has 4 rings (SSSR count). The van der Waals surface area contributed by atoms with Gasteiger partial charge in [0.15, 0.2) is 17.4 Å². The van der Waals surface area contributed by atoms with Crippen LogP contribution in [0.1, 0.15) is 23.2 Å². The summed E-state index contributed by atoms with van der Waals surface area (Å²) >= 11 is 6.05. The van der Waals surface area contributed by atoms with E-state index in [-0.39, 0.29) is 34.2 Å². The van der Waals surface area contributed by atoms with Gasteiger partial charge in [-0.1, -0.05) is 11.6 Å². The lowest BCUT2D eigenvalue weighted by molar-refractivity contribution is 0.0996. The SMILES string of the molecule is CN(C)CCOc1cc2nccc(Oc3c(F)cc(NC(=O)NC4CC4)c(Cl)c3F)c2cc1C(N)=O. The van der Waals surface area contributed by atoms with Gasteiger partial charge >= 0.3 is 6.03 Å². The van der Waals surface area contributed by atoms with Crippen molar-refractivity contribution in [1.29, 1.82) is 0 Å². The standard InChI is InChI=1S/C24H24ClF2N5O4/c1-32(2)7-8-35-19-11-16-13(9-14(19)23(28)33)18(5-6-29-16)36-22-15(26)10-17(20(25)21(22)27)31-24(34)30-12-3-4-12/h5-6,9-12H,3-4,7-8H2,1-2H3,(H2,28,33)(H2,30,31,34). The van der Waals surface area contributed by atoms with E-state index in [0.717, 1.165) is 18.9 Å². The van der Waals surface area contributed by atoms with E-state index in [4.69, 9.17) is 26.8 Å². The molecule has 1 heterocycles. The second kappa shape index (κ2) is 10.5. The zero-order chi connectivity index (χ0) is 26.0. The van der Waals surface area contributed by atoms with Crippen LogP contribution in [0.15, 0.2) is 30.5 Å². The van der Waals surface area contributed by atoms with Crippen LogP contribution in [0.25, 0.3) is 10.9 Å². The third-order valence-electron chi connectivity index (χ3n) is 5.35. The molecular weight excluding hydrogens is 496 g/mol. The van der Waals surface area contributed by atoms with Crippen LogP contribution in [0.4, 0.5) is 19.3 Å². The highest BCUT2D eigenvalue weighted by Crippen LogP contribution is 2.39. The van der Waals surface area contributed by atoms with Crippen molar-refractivity contribution in [2.24, 2.45) is 5.73 Å². The van der Waals surface area contributed by atoms with Crippen molar-refractivity contribution >= 4 is 40.1 Å². The first kappa shape index (κ1) is 25.4. The molecule has 0 radical (unpaired) electrons. The van der Waals surface area contributed by atoms with Gasteiger partial charge in [-0.15, -0.1) is 0 Å². The molecule has 2 aromatic carbocycles. The summed E-state index contributed by atoms with van der Waals surface area (Å²) in [4.78, 5) is 30.2. The zero-order valence-electron chi connectivity index (χ0n) is 19.5. The van der Waals surface area contributed by atoms with E-state index in [9.17, 15) is 14.0 Å². The summed E-state index contributed by atoms with van der Waals surface area (Å²) in [6.45, 7) is 0.891. The average Bonchev–Trinajstić information content (AvgIpc) is 3.63. The number of benzene rings is 2. The number of ether oxygens (including phenoxy) is 2. The normalized spacial score (nSPS) is 13.1. The molecule has 1 aromatic heterocycles. The van der Waals surface area contributed by atoms with Crippen LogP contribution in [-0.2, 0) is 0 Å². The lowest BCUT2D eigenvalue weighted by atomic mass is 10.1. The number of carbonyl (C=O) groups excluding carboxylic acids is 2. The molecule has 0 saturated heterocycles. The van der Waals surface area contributed by atoms with Gasteiger partial charge in [-0.05, 0) is 39.1 Å². The van der Waals surface area contributed by atoms with Crippen molar-refractivity contribution in [3.63, 3.8) is 0 Å². The Morgan fingerprint density at radius 1 is 1.22 bits per heavy atom. The number of nitrogens with one attached hydrogen (secondary N) is 2. The van der Waals surface area contributed by atoms with E-state index in [0.29, 0.717) is 18.7 Å². The van der Waals surface area contributed by atoms with Crippen LogP contribution in [0.5, 0.6) is 17.2 Å². The molecule has 190 valence electrons. The number of fused-ring (bicyclic) bond motifs is 1. The van der Waals surface area contributed by atoms with Gasteiger partial charge in [-0.3, -0.25) is 9.78 Å². The van der Waals surface area contributed by atoms with Crippen LogP contribution >= 0.6 is 11.6 Å². The topological polar surface area (TPSA) is 119 Å². The molecule has 4 N–H and O–H groups in total. The van der Waals surface area contributed by atoms with Gasteiger partial charge in [0.05, 0.1) is 16.8 Å². The van der Waals surface area contributed by atoms with Crippen molar-refractivity contribution in [3.05, 3.63) is 52.7 Å². The summed E-state index contributed by atoms with van der Waals surface area (Å²) in [7, 11) is 3.75. The number of anilines is 1. The van der Waals surface area contributed by atoms with Gasteiger partial charge in [0, 0.05) is 36.3 Å². The summed E-state index contributed by atoms with van der Waals surface area (Å²) in [5, 5.41) is 4.72. The smallest absolute Gasteiger partial charge is 0.319 e. The first-order chi connectivity index (χ1) is 17.1. The van der Waals surface area contributed by atoms with E-state index in [2.05, 4.69) is 15.6 Å². The third kappa shape index (κ3) is 5.74. The number of hydrogen-bond acceptors (Lipinski definition) is 6. The van der Waals surface area contributed by atoms with Gasteiger partial charge in [0.2, 0.25) is 0 Å². The monoisotopic (exact) mass is 519 g/mol. The summed E-state index contributed by atoms with van der Waals surface area (Å²) in [6.07, 6.45) is 3.07. The number of pyridine rings is 1. The molecule has 3 amide bonds. The van der Waals surface area contributed by atoms with E-state index in [1.54, 1.807) is 0 Å². The number of nitrogens with two attached hydrogens (primary N) is 1. The number of amides is 3. The predicted molar refractivity (Wildman–Crippen MR) is 131 cm³/mol. The fourth-order valence-electron chi connectivity index (χ4n) is 3.33. The van der Waals surface area contributed by atoms with Gasteiger partial charge in [-0.25, -0.2) is 13.6 Å². The Hall–Kier alpha value is -3.70. The summed E-state index contributed by atoms with van der Waals surface area (Å²) in [5.41, 5.74) is 5.69. The maximum absolute atomic E-state index is 15.0. The molecule has 12 heteroatoms. The van der Waals surface area contributed by atoms with Crippen molar-refractivity contribution in [3.8, 4) is 17.2 Å². The Bertz CT molecular complexity index is 1330. The number of halogens is 3. The number of aromatic nitrogens is 1. The number of hydrogen-bond donors (Lipinski definition) is 3. The third-order valence-corrected chi connectivity index (χ3v) is 5.72. The van der Waals surface area contributed by atoms with Crippen LogP contribution in [-0.4, -0.2) is 55.1 Å². The van der Waals surface area contributed by atoms with E-state index < -0.39 is 34.3 Å². The molecule has 1 aliphatic carbocycles. The average molecular weight is 520 g/mol. The number of carbonyl (C=O) groups is 2. The Morgan fingerprint density at radius 3 is 2.64 bits per heavy atom. The molecule has 0 aliphatic heterocycles. The Balaban J connectivity index is 1.65. The van der Waals surface area contributed by atoms with Gasteiger partial charge in [-0.2, -0.15) is 0 Å². The first-order valence-electron chi connectivity index (χ1n) is 11.1. The van der Waals surface area contributed by atoms with E-state index in [1.165, 1.54) is 24.4 Å². The molecule has 1 fully saturated rings. The minimum Gasteiger partial charge on any atom is -0.491 e. The fourth-order valence-corrected chi connectivity index (χ4v) is 3.52. The molecule has 1 aliphatic rings. The molecule has 0 unspecified atom stereocenters. The molecule has 0 atom stereocenters. The van der Waals surface area contributed by atoms with E-state index in [1.807, 2.05) is 19.0 Å². The molecule has 9 nitrogen and oxygen atoms in total. The minimum absolute atomic E-state index is 0.00314. The summed E-state index contributed by atoms with van der Waals surface area (Å²) < 4.78 is 41.2. The number of nitrogens with zero attached hydrogens (tertiary/aromatic N) is 2. The van der Waals surface area contributed by atoms with Crippen LogP contribution < -0.4 is 25.8 Å². The zero-order valence-corrected chi connectivity index (χ0v) is 20.3. The number of urea groups is 1. The maximum atomic E-state index is 15.0. The van der Waals surface area contributed by atoms with Crippen LogP contribution in [0, 0.1) is 11.6 Å². The molecule has 36 heavy (non-hydrogen) atoms. The number of likely N-dealkylation sites (N-methyl/N-ethyl adjacent to an activating group) is 1. The largest absolute Gasteiger partial charge is 0.491 e. The lowest BCUT2D eigenvalue weighted by Gasteiger charge is -2.16. The Kier molecular flexibility index (Phi) is 7.41. The molecule has 1 saturated carbocycles. The van der Waals surface area contributed by atoms with E-state index >= 15 is 4.39 Å². The molecular formula is C24H24ClF2N5O4. The second-order valence-corrected chi connectivity index (χ2v) is 8.91. The highest BCUT2D eigenvalue weighted by molar-refractivity contribution is 6.34. The van der Waals surface area contributed by atoms with Crippen molar-refractivity contribution in [2.75, 3.05) is 32.6 Å². The second-order valence-electron chi connectivity index (χ2n) is 8.53. The molecule has 0 bridgehead atoms. The highest BCUT2D eigenvalue weighted by Gasteiger charge is 2.26. The van der Waals surface area contributed by atoms with Gasteiger partial charge in [0.25, 0.3) is 5.91 Å². The van der Waals surface area contributed by atoms with Crippen LogP contribution in [0.2, 0.25) is 5.02 Å². The van der Waals surface area contributed by atoms with Gasteiger partial charge < -0.3 is 30.7 Å². The quantitative estimate of drug-likeness (QED) is 0.363.